The first-order valence-electron chi connectivity index (χ1n) is 7.67. The number of aromatic nitrogens is 2. The number of rotatable bonds is 2. The molecule has 1 saturated carbocycles. The Hall–Kier alpha value is -1.21. The molecule has 0 unspecified atom stereocenters. The molecule has 0 spiro atoms. The van der Waals surface area contributed by atoms with Crippen LogP contribution < -0.4 is 0 Å². The van der Waals surface area contributed by atoms with Crippen LogP contribution in [0.2, 0.25) is 5.02 Å². The van der Waals surface area contributed by atoms with Crippen LogP contribution in [-0.4, -0.2) is 21.5 Å². The Labute approximate surface area is 152 Å². The SMILES string of the molecule is O=C1CCc2c(I)nn(C(=O)c3c(Cl)cccc3C3CC3)c2C1. The predicted octanol–water partition coefficient (Wildman–Crippen LogP) is 3.76. The second kappa shape index (κ2) is 5.70. The molecule has 2 aliphatic carbocycles. The molecule has 4 rings (SSSR count). The molecule has 4 nitrogen and oxygen atoms in total. The summed E-state index contributed by atoms with van der Waals surface area (Å²) in [4.78, 5) is 24.9. The highest BCUT2D eigenvalue weighted by Crippen LogP contribution is 2.43. The Kier molecular flexibility index (Phi) is 3.80. The van der Waals surface area contributed by atoms with Gasteiger partial charge in [0.2, 0.25) is 0 Å². The molecule has 23 heavy (non-hydrogen) atoms. The summed E-state index contributed by atoms with van der Waals surface area (Å²) in [5, 5.41) is 4.87. The molecule has 0 saturated heterocycles. The molecule has 0 bridgehead atoms. The maximum absolute atomic E-state index is 13.1. The van der Waals surface area contributed by atoms with Crippen LogP contribution in [0.25, 0.3) is 0 Å². The third kappa shape index (κ3) is 2.63. The summed E-state index contributed by atoms with van der Waals surface area (Å²) >= 11 is 8.47. The van der Waals surface area contributed by atoms with E-state index in [0.717, 1.165) is 33.4 Å². The van der Waals surface area contributed by atoms with E-state index in [1.807, 2.05) is 12.1 Å². The van der Waals surface area contributed by atoms with Gasteiger partial charge < -0.3 is 0 Å². The van der Waals surface area contributed by atoms with E-state index in [9.17, 15) is 9.59 Å². The second-order valence-electron chi connectivity index (χ2n) is 6.13. The Bertz CT molecular complexity index is 839. The van der Waals surface area contributed by atoms with Crippen LogP contribution in [0, 0.1) is 3.70 Å². The van der Waals surface area contributed by atoms with Crippen molar-refractivity contribution in [3.63, 3.8) is 0 Å². The summed E-state index contributed by atoms with van der Waals surface area (Å²) in [6.45, 7) is 0. The fourth-order valence-electron chi connectivity index (χ4n) is 3.20. The molecule has 1 fully saturated rings. The van der Waals surface area contributed by atoms with Crippen molar-refractivity contribution in [2.45, 2.75) is 38.0 Å². The summed E-state index contributed by atoms with van der Waals surface area (Å²) in [5.41, 5.74) is 3.30. The van der Waals surface area contributed by atoms with E-state index in [4.69, 9.17) is 11.6 Å². The molecule has 0 N–H and O–H groups in total. The molecule has 118 valence electrons. The molecule has 0 aliphatic heterocycles. The Balaban J connectivity index is 1.84. The van der Waals surface area contributed by atoms with Crippen molar-refractivity contribution in [1.82, 2.24) is 9.78 Å². The molecule has 1 heterocycles. The third-order valence-corrected chi connectivity index (χ3v) is 5.71. The van der Waals surface area contributed by atoms with Crippen LogP contribution >= 0.6 is 34.2 Å². The predicted molar refractivity (Wildman–Crippen MR) is 95.1 cm³/mol. The fourth-order valence-corrected chi connectivity index (χ4v) is 4.26. The summed E-state index contributed by atoms with van der Waals surface area (Å²) in [6.07, 6.45) is 3.65. The Morgan fingerprint density at radius 1 is 1.30 bits per heavy atom. The lowest BCUT2D eigenvalue weighted by Gasteiger charge is -2.14. The van der Waals surface area contributed by atoms with Crippen molar-refractivity contribution in [1.29, 1.82) is 0 Å². The maximum Gasteiger partial charge on any atom is 0.280 e. The number of hydrogen-bond acceptors (Lipinski definition) is 3. The van der Waals surface area contributed by atoms with Gasteiger partial charge in [-0.1, -0.05) is 23.7 Å². The van der Waals surface area contributed by atoms with Gasteiger partial charge >= 0.3 is 0 Å². The van der Waals surface area contributed by atoms with Crippen LogP contribution in [0.4, 0.5) is 0 Å². The van der Waals surface area contributed by atoms with Crippen LogP contribution in [0.3, 0.4) is 0 Å². The molecule has 0 radical (unpaired) electrons. The van der Waals surface area contributed by atoms with E-state index in [2.05, 4.69) is 27.7 Å². The van der Waals surface area contributed by atoms with Crippen molar-refractivity contribution >= 4 is 45.9 Å². The van der Waals surface area contributed by atoms with Gasteiger partial charge in [0, 0.05) is 18.4 Å². The molecular weight excluding hydrogens is 427 g/mol. The molecule has 1 aromatic carbocycles. The highest BCUT2D eigenvalue weighted by atomic mass is 127. The average molecular weight is 441 g/mol. The topological polar surface area (TPSA) is 52.0 Å². The third-order valence-electron chi connectivity index (χ3n) is 4.53. The van der Waals surface area contributed by atoms with Crippen LogP contribution in [-0.2, 0) is 17.6 Å². The molecule has 1 aromatic heterocycles. The number of nitrogens with zero attached hydrogens (tertiary/aromatic N) is 2. The summed E-state index contributed by atoms with van der Waals surface area (Å²) in [6, 6.07) is 5.61. The lowest BCUT2D eigenvalue weighted by molar-refractivity contribution is -0.118. The quantitative estimate of drug-likeness (QED) is 0.668. The minimum atomic E-state index is -0.216. The van der Waals surface area contributed by atoms with Crippen molar-refractivity contribution in [2.24, 2.45) is 0 Å². The zero-order valence-corrected chi connectivity index (χ0v) is 15.2. The number of carbonyl (C=O) groups excluding carboxylic acids is 2. The lowest BCUT2D eigenvalue weighted by atomic mass is 9.96. The van der Waals surface area contributed by atoms with Crippen molar-refractivity contribution in [3.05, 3.63) is 49.3 Å². The zero-order valence-electron chi connectivity index (χ0n) is 12.3. The van der Waals surface area contributed by atoms with Gasteiger partial charge in [-0.15, -0.1) is 0 Å². The van der Waals surface area contributed by atoms with Crippen molar-refractivity contribution in [3.8, 4) is 0 Å². The minimum Gasteiger partial charge on any atom is -0.299 e. The largest absolute Gasteiger partial charge is 0.299 e. The Morgan fingerprint density at radius 2 is 2.09 bits per heavy atom. The standard InChI is InChI=1S/C17H14ClIN2O2/c18-13-3-1-2-11(9-4-5-9)15(13)17(23)21-14-8-10(22)6-7-12(14)16(19)20-21/h1-3,9H,4-8H2. The van der Waals surface area contributed by atoms with Crippen LogP contribution in [0.15, 0.2) is 18.2 Å². The highest BCUT2D eigenvalue weighted by molar-refractivity contribution is 14.1. The molecule has 2 aromatic rings. The van der Waals surface area contributed by atoms with E-state index < -0.39 is 0 Å². The minimum absolute atomic E-state index is 0.157. The van der Waals surface area contributed by atoms with Gasteiger partial charge in [-0.25, -0.2) is 0 Å². The molecule has 0 atom stereocenters. The van der Waals surface area contributed by atoms with E-state index in [0.29, 0.717) is 29.3 Å². The monoisotopic (exact) mass is 440 g/mol. The molecule has 0 amide bonds. The first-order valence-corrected chi connectivity index (χ1v) is 9.13. The molecule has 6 heteroatoms. The maximum atomic E-state index is 13.1. The number of hydrogen-bond donors (Lipinski definition) is 0. The molecular formula is C17H14ClIN2O2. The van der Waals surface area contributed by atoms with Crippen molar-refractivity contribution in [2.75, 3.05) is 0 Å². The fraction of sp³-hybridized carbons (Fsp3) is 0.353. The van der Waals surface area contributed by atoms with Crippen LogP contribution in [0.5, 0.6) is 0 Å². The van der Waals surface area contributed by atoms with Gasteiger partial charge in [0.15, 0.2) is 0 Å². The van der Waals surface area contributed by atoms with Gasteiger partial charge in [0.25, 0.3) is 5.91 Å². The van der Waals surface area contributed by atoms with Gasteiger partial charge in [0.05, 0.1) is 16.3 Å². The van der Waals surface area contributed by atoms with Crippen LogP contribution in [0.1, 0.15) is 52.4 Å². The summed E-state index contributed by atoms with van der Waals surface area (Å²) in [7, 11) is 0. The van der Waals surface area contributed by atoms with Crippen molar-refractivity contribution < 1.29 is 9.59 Å². The van der Waals surface area contributed by atoms with E-state index in [1.165, 1.54) is 4.68 Å². The summed E-state index contributed by atoms with van der Waals surface area (Å²) < 4.78 is 2.21. The molecule has 2 aliphatic rings. The van der Waals surface area contributed by atoms with Gasteiger partial charge in [0.1, 0.15) is 9.48 Å². The first kappa shape index (κ1) is 15.3. The van der Waals surface area contributed by atoms with Gasteiger partial charge in [-0.3, -0.25) is 9.59 Å². The van der Waals surface area contributed by atoms with E-state index in [-0.39, 0.29) is 18.1 Å². The number of halogens is 2. The summed E-state index contributed by atoms with van der Waals surface area (Å²) in [5.74, 6) is 0.357. The average Bonchev–Trinajstić information content (AvgIpc) is 3.31. The van der Waals surface area contributed by atoms with Gasteiger partial charge in [-0.05, 0) is 59.4 Å². The van der Waals surface area contributed by atoms with E-state index >= 15 is 0 Å². The van der Waals surface area contributed by atoms with E-state index in [1.54, 1.807) is 6.07 Å². The first-order chi connectivity index (χ1) is 11.1. The Morgan fingerprint density at radius 3 is 2.83 bits per heavy atom. The smallest absolute Gasteiger partial charge is 0.280 e. The number of Topliss-reactive ketones (excluding diaryl/α,β-unsaturated/α-hetero) is 1. The van der Waals surface area contributed by atoms with Gasteiger partial charge in [-0.2, -0.15) is 9.78 Å². The lowest BCUT2D eigenvalue weighted by Crippen LogP contribution is -2.23. The second-order valence-corrected chi connectivity index (χ2v) is 7.56. The number of benzene rings is 1. The highest BCUT2D eigenvalue weighted by Gasteiger charge is 2.32. The normalized spacial score (nSPS) is 17.2. The zero-order chi connectivity index (χ0) is 16.1. The number of carbonyl (C=O) groups is 2. The number of fused-ring (bicyclic) bond motifs is 1. The number of ketones is 1.